The summed E-state index contributed by atoms with van der Waals surface area (Å²) in [5, 5.41) is 10.8. The molecular weight excluding hydrogens is 380 g/mol. The summed E-state index contributed by atoms with van der Waals surface area (Å²) in [7, 11) is -4.94. The highest BCUT2D eigenvalue weighted by molar-refractivity contribution is 5.62. The van der Waals surface area contributed by atoms with E-state index in [1.807, 2.05) is 22.9 Å². The molecule has 144 valence electrons. The number of nitro benzene ring substituents is 1. The average Bonchev–Trinajstić information content (AvgIpc) is 2.97. The largest absolute Gasteiger partial charge is 0.403 e. The minimum atomic E-state index is -4.94. The second kappa shape index (κ2) is 8.84. The fraction of sp³-hybridized carbons (Fsp3) is 0.250. The fourth-order valence-electron chi connectivity index (χ4n) is 2.51. The highest BCUT2D eigenvalue weighted by atomic mass is 35.7. The number of non-ortho nitro benzene ring substituents is 1. The number of imidazole rings is 1. The van der Waals surface area contributed by atoms with Crippen LogP contribution in [0.3, 0.4) is 0 Å². The van der Waals surface area contributed by atoms with Gasteiger partial charge in [0.2, 0.25) is 0 Å². The minimum absolute atomic E-state index is 0.103. The van der Waals surface area contributed by atoms with E-state index in [1.54, 1.807) is 18.3 Å². The van der Waals surface area contributed by atoms with Gasteiger partial charge in [0, 0.05) is 23.8 Å². The number of nitro groups is 1. The van der Waals surface area contributed by atoms with E-state index in [0.717, 1.165) is 36.4 Å². The first-order valence-electron chi connectivity index (χ1n) is 7.93. The predicted molar refractivity (Wildman–Crippen MR) is 82.4 cm³/mol. The van der Waals surface area contributed by atoms with Gasteiger partial charge < -0.3 is 0 Å². The van der Waals surface area contributed by atoms with Crippen molar-refractivity contribution in [2.24, 2.45) is 0 Å². The van der Waals surface area contributed by atoms with Crippen LogP contribution in [0.4, 0.5) is 5.69 Å². The number of halogens is 1. The van der Waals surface area contributed by atoms with Crippen LogP contribution in [0.5, 0.6) is 0 Å². The van der Waals surface area contributed by atoms with Gasteiger partial charge in [0.05, 0.1) is 17.7 Å². The molecule has 0 saturated heterocycles. The Morgan fingerprint density at radius 2 is 1.81 bits per heavy atom. The number of aryl methyl sites for hydroxylation is 1. The van der Waals surface area contributed by atoms with Crippen LogP contribution in [0.15, 0.2) is 48.9 Å². The Kier molecular flexibility index (Phi) is 6.77. The highest BCUT2D eigenvalue weighted by Crippen LogP contribution is 2.23. The molecule has 0 fully saturated rings. The van der Waals surface area contributed by atoms with Crippen LogP contribution in [0, 0.1) is 20.4 Å². The lowest BCUT2D eigenvalue weighted by Crippen LogP contribution is -2.68. The van der Waals surface area contributed by atoms with E-state index in [1.165, 1.54) is 12.1 Å². The molecule has 0 bridgehead atoms. The van der Waals surface area contributed by atoms with Gasteiger partial charge in [-0.2, -0.15) is 0 Å². The van der Waals surface area contributed by atoms with Crippen LogP contribution in [-0.2, 0) is 6.54 Å². The van der Waals surface area contributed by atoms with Gasteiger partial charge in [0.15, 0.2) is 0 Å². The summed E-state index contributed by atoms with van der Waals surface area (Å²) in [4.78, 5) is 14.8. The van der Waals surface area contributed by atoms with Crippen LogP contribution in [-0.4, -0.2) is 14.5 Å². The van der Waals surface area contributed by atoms with Crippen molar-refractivity contribution in [3.63, 3.8) is 0 Å². The molecule has 11 heteroatoms. The van der Waals surface area contributed by atoms with Gasteiger partial charge in [-0.15, -0.1) is 10.2 Å². The first-order chi connectivity index (χ1) is 12.7. The Morgan fingerprint density at radius 3 is 2.37 bits per heavy atom. The summed E-state index contributed by atoms with van der Waals surface area (Å²) in [6.45, 7) is 3.02. The third kappa shape index (κ3) is 5.94. The van der Waals surface area contributed by atoms with Gasteiger partial charge in [-0.25, -0.2) is 27.6 Å². The van der Waals surface area contributed by atoms with Crippen LogP contribution >= 0.6 is 0 Å². The summed E-state index contributed by atoms with van der Waals surface area (Å²) in [6, 6.07) is 8.53. The van der Waals surface area contributed by atoms with E-state index < -0.39 is 10.2 Å². The van der Waals surface area contributed by atoms with Gasteiger partial charge in [-0.3, -0.25) is 10.1 Å². The fourth-order valence-corrected chi connectivity index (χ4v) is 2.51. The Balaban J connectivity index is 0.000000465. The van der Waals surface area contributed by atoms with E-state index in [0.29, 0.717) is 0 Å². The summed E-state index contributed by atoms with van der Waals surface area (Å²) in [6.07, 6.45) is 7.90. The zero-order chi connectivity index (χ0) is 20.0. The Bertz CT molecular complexity index is 901. The first-order valence-corrected chi connectivity index (χ1v) is 9.16. The molecule has 0 N–H and O–H groups in total. The summed E-state index contributed by atoms with van der Waals surface area (Å²) < 4.78 is 38.1. The number of hydrogen-bond acceptors (Lipinski definition) is 7. The highest BCUT2D eigenvalue weighted by Gasteiger charge is 2.19. The average molecular weight is 397 g/mol. The van der Waals surface area contributed by atoms with E-state index in [-0.39, 0.29) is 10.6 Å². The minimum Gasteiger partial charge on any atom is -0.258 e. The molecule has 0 aliphatic carbocycles. The van der Waals surface area contributed by atoms with E-state index >= 15 is 0 Å². The van der Waals surface area contributed by atoms with Crippen molar-refractivity contribution in [1.82, 2.24) is 9.55 Å². The van der Waals surface area contributed by atoms with Gasteiger partial charge in [0.25, 0.3) is 5.69 Å². The quantitative estimate of drug-likeness (QED) is 0.280. The standard InChI is InChI=1S/C16H17N4O2.ClHO4/c1-2-3-11-19-15(12-18-10-4-9-17-16(18)19)13-5-7-14(8-6-13)20(21)22;2-1(3,4)5/h4-10,12H,2-3,11H2,1H3;(H,2,3,4,5)/q+1;/p-1. The summed E-state index contributed by atoms with van der Waals surface area (Å²) in [5.41, 5.74) is 2.07. The maximum atomic E-state index is 10.8. The number of rotatable bonds is 5. The Hall–Kier alpha value is -2.63. The lowest BCUT2D eigenvalue weighted by atomic mass is 10.1. The lowest BCUT2D eigenvalue weighted by Gasteiger charge is -2.17. The zero-order valence-electron chi connectivity index (χ0n) is 14.4. The number of fused-ring (bicyclic) bond motifs is 1. The maximum Gasteiger partial charge on any atom is 0.403 e. The predicted octanol–water partition coefficient (Wildman–Crippen LogP) is -1.76. The summed E-state index contributed by atoms with van der Waals surface area (Å²) in [5.74, 6) is 0.879. The van der Waals surface area contributed by atoms with E-state index in [4.69, 9.17) is 18.6 Å². The monoisotopic (exact) mass is 396 g/mol. The molecule has 0 amide bonds. The van der Waals surface area contributed by atoms with Crippen molar-refractivity contribution in [2.45, 2.75) is 26.3 Å². The molecule has 0 aliphatic heterocycles. The van der Waals surface area contributed by atoms with Crippen molar-refractivity contribution in [2.75, 3.05) is 0 Å². The molecule has 0 spiro atoms. The van der Waals surface area contributed by atoms with E-state index in [9.17, 15) is 10.1 Å². The topological polar surface area (TPSA) is 157 Å². The molecule has 1 aromatic carbocycles. The molecule has 10 nitrogen and oxygen atoms in total. The van der Waals surface area contributed by atoms with Crippen molar-refractivity contribution < 1.29 is 38.2 Å². The summed E-state index contributed by atoms with van der Waals surface area (Å²) >= 11 is 0. The lowest BCUT2D eigenvalue weighted by molar-refractivity contribution is -2.00. The normalized spacial score (nSPS) is 11.1. The maximum absolute atomic E-state index is 10.8. The first kappa shape index (κ1) is 20.7. The van der Waals surface area contributed by atoms with Gasteiger partial charge in [0.1, 0.15) is 18.1 Å². The molecule has 0 atom stereocenters. The van der Waals surface area contributed by atoms with Crippen molar-refractivity contribution in [3.05, 3.63) is 59.0 Å². The SMILES string of the molecule is CCCCn1c(-c2ccc([N+](=O)[O-])cc2)c[n+]2cccnc12.[O-][Cl+3]([O-])([O-])[O-]. The Labute approximate surface area is 156 Å². The number of nitrogens with zero attached hydrogens (tertiary/aromatic N) is 4. The van der Waals surface area contributed by atoms with Gasteiger partial charge in [-0.1, -0.05) is 18.3 Å². The van der Waals surface area contributed by atoms with Crippen molar-refractivity contribution in [3.8, 4) is 11.3 Å². The smallest absolute Gasteiger partial charge is 0.258 e. The van der Waals surface area contributed by atoms with E-state index in [2.05, 4.69) is 16.5 Å². The second-order valence-corrected chi connectivity index (χ2v) is 6.28. The molecule has 0 radical (unpaired) electrons. The molecule has 0 aliphatic rings. The molecule has 0 saturated carbocycles. The Morgan fingerprint density at radius 1 is 1.19 bits per heavy atom. The third-order valence-electron chi connectivity index (χ3n) is 3.66. The number of aromatic nitrogens is 3. The molecular formula is C16H17ClN4O6. The van der Waals surface area contributed by atoms with Crippen LogP contribution in [0.2, 0.25) is 0 Å². The van der Waals surface area contributed by atoms with Crippen LogP contribution in [0.1, 0.15) is 19.8 Å². The molecule has 2 heterocycles. The number of hydrogen-bond donors (Lipinski definition) is 0. The number of benzene rings is 1. The molecule has 27 heavy (non-hydrogen) atoms. The zero-order valence-corrected chi connectivity index (χ0v) is 15.1. The second-order valence-electron chi connectivity index (χ2n) is 5.53. The van der Waals surface area contributed by atoms with Gasteiger partial charge in [-0.05, 0) is 18.6 Å². The van der Waals surface area contributed by atoms with Crippen LogP contribution in [0.25, 0.3) is 17.0 Å². The van der Waals surface area contributed by atoms with Crippen molar-refractivity contribution in [1.29, 1.82) is 0 Å². The van der Waals surface area contributed by atoms with Crippen LogP contribution < -0.4 is 23.0 Å². The molecule has 3 rings (SSSR count). The molecule has 0 unspecified atom stereocenters. The number of unbranched alkanes of at least 4 members (excludes halogenated alkanes) is 1. The molecule has 2 aromatic heterocycles. The molecule has 3 aromatic rings. The third-order valence-corrected chi connectivity index (χ3v) is 3.66. The van der Waals surface area contributed by atoms with Gasteiger partial charge >= 0.3 is 5.78 Å². The van der Waals surface area contributed by atoms with Crippen molar-refractivity contribution >= 4 is 11.5 Å².